The molecule has 15 heteroatoms. The second kappa shape index (κ2) is 13.6. The van der Waals surface area contributed by atoms with E-state index in [1.165, 1.54) is 13.8 Å². The number of amides is 5. The van der Waals surface area contributed by atoms with Crippen molar-refractivity contribution in [1.82, 2.24) is 16.0 Å². The molecule has 0 spiro atoms. The minimum atomic E-state index is -1.71. The molecular weight excluding hydrogens is 444 g/mol. The van der Waals surface area contributed by atoms with Gasteiger partial charge in [-0.1, -0.05) is 13.8 Å². The average Bonchev–Trinajstić information content (AvgIpc) is 2.66. The van der Waals surface area contributed by atoms with Crippen molar-refractivity contribution in [2.75, 3.05) is 0 Å². The van der Waals surface area contributed by atoms with E-state index in [0.717, 1.165) is 0 Å². The Kier molecular flexibility index (Phi) is 12.1. The number of aliphatic carboxylic acids is 2. The fourth-order valence-corrected chi connectivity index (χ4v) is 2.57. The van der Waals surface area contributed by atoms with Crippen LogP contribution in [0.3, 0.4) is 0 Å². The van der Waals surface area contributed by atoms with Crippen LogP contribution in [0.15, 0.2) is 0 Å². The number of hydrogen-bond acceptors (Lipinski definition) is 8. The zero-order valence-corrected chi connectivity index (χ0v) is 18.2. The minimum Gasteiger partial charge on any atom is -0.481 e. The first kappa shape index (κ1) is 29.2. The van der Waals surface area contributed by atoms with Gasteiger partial charge in [0.05, 0.1) is 18.9 Å². The molecule has 0 saturated heterocycles. The standard InChI is InChI=1S/C18H30N6O9/c1-7(2)14(18(32)33)24-16(30)9(3-4-11(20)25)22-17(31)10(6-13(27)28)23-15(29)8(19)5-12(21)26/h7-10,14H,3-6,19H2,1-2H3,(H2,20,25)(H2,21,26)(H,22,31)(H,23,29)(H,24,30)(H,27,28)(H,32,33). The molecule has 33 heavy (non-hydrogen) atoms. The first-order valence-corrected chi connectivity index (χ1v) is 9.83. The molecule has 4 atom stereocenters. The summed E-state index contributed by atoms with van der Waals surface area (Å²) < 4.78 is 0. The predicted molar refractivity (Wildman–Crippen MR) is 111 cm³/mol. The largest absolute Gasteiger partial charge is 0.481 e. The van der Waals surface area contributed by atoms with Crippen LogP contribution in [0.1, 0.15) is 39.5 Å². The highest BCUT2D eigenvalue weighted by molar-refractivity contribution is 5.96. The van der Waals surface area contributed by atoms with Crippen molar-refractivity contribution < 1.29 is 43.8 Å². The van der Waals surface area contributed by atoms with Gasteiger partial charge in [-0.3, -0.25) is 28.8 Å². The number of nitrogens with two attached hydrogens (primary N) is 3. The van der Waals surface area contributed by atoms with Crippen LogP contribution >= 0.6 is 0 Å². The molecule has 0 heterocycles. The molecule has 11 N–H and O–H groups in total. The van der Waals surface area contributed by atoms with Crippen LogP contribution in [-0.2, 0) is 33.6 Å². The molecule has 186 valence electrons. The monoisotopic (exact) mass is 474 g/mol. The van der Waals surface area contributed by atoms with Crippen molar-refractivity contribution in [3.63, 3.8) is 0 Å². The first-order chi connectivity index (χ1) is 15.1. The molecule has 0 fully saturated rings. The molecule has 0 aliphatic heterocycles. The number of rotatable bonds is 15. The van der Waals surface area contributed by atoms with Crippen molar-refractivity contribution in [3.05, 3.63) is 0 Å². The summed E-state index contributed by atoms with van der Waals surface area (Å²) in [5.41, 5.74) is 15.5. The molecule has 0 rings (SSSR count). The summed E-state index contributed by atoms with van der Waals surface area (Å²) in [6.07, 6.45) is -2.17. The summed E-state index contributed by atoms with van der Waals surface area (Å²) in [6, 6.07) is -5.95. The molecule has 0 aromatic heterocycles. The third kappa shape index (κ3) is 11.4. The maximum atomic E-state index is 12.6. The fourth-order valence-electron chi connectivity index (χ4n) is 2.57. The van der Waals surface area contributed by atoms with E-state index in [1.807, 2.05) is 0 Å². The number of carboxylic acid groups (broad SMARTS) is 2. The highest BCUT2D eigenvalue weighted by atomic mass is 16.4. The summed E-state index contributed by atoms with van der Waals surface area (Å²) >= 11 is 0. The Hall–Kier alpha value is -3.75. The van der Waals surface area contributed by atoms with Gasteiger partial charge >= 0.3 is 11.9 Å². The van der Waals surface area contributed by atoms with Gasteiger partial charge in [0.15, 0.2) is 0 Å². The molecule has 4 unspecified atom stereocenters. The van der Waals surface area contributed by atoms with Gasteiger partial charge in [-0.15, -0.1) is 0 Å². The van der Waals surface area contributed by atoms with Gasteiger partial charge < -0.3 is 43.4 Å². The van der Waals surface area contributed by atoms with E-state index in [4.69, 9.17) is 22.3 Å². The number of carbonyl (C=O) groups is 7. The minimum absolute atomic E-state index is 0.327. The molecule has 15 nitrogen and oxygen atoms in total. The summed E-state index contributed by atoms with van der Waals surface area (Å²) in [5.74, 6) is -8.19. The Morgan fingerprint density at radius 1 is 0.758 bits per heavy atom. The normalized spacial score (nSPS) is 14.3. The maximum absolute atomic E-state index is 12.6. The van der Waals surface area contributed by atoms with E-state index >= 15 is 0 Å². The lowest BCUT2D eigenvalue weighted by Gasteiger charge is -2.25. The molecule has 0 saturated carbocycles. The van der Waals surface area contributed by atoms with E-state index in [0.29, 0.717) is 0 Å². The summed E-state index contributed by atoms with van der Waals surface area (Å²) in [5, 5.41) is 24.8. The molecule has 0 aromatic carbocycles. The van der Waals surface area contributed by atoms with Gasteiger partial charge in [0, 0.05) is 6.42 Å². The zero-order valence-electron chi connectivity index (χ0n) is 18.2. The Morgan fingerprint density at radius 3 is 1.70 bits per heavy atom. The number of carbonyl (C=O) groups excluding carboxylic acids is 5. The molecule has 0 aliphatic rings. The quantitative estimate of drug-likeness (QED) is 0.114. The van der Waals surface area contributed by atoms with Crippen LogP contribution in [0.25, 0.3) is 0 Å². The first-order valence-electron chi connectivity index (χ1n) is 9.83. The molecule has 0 radical (unpaired) electrons. The van der Waals surface area contributed by atoms with Crippen LogP contribution in [0.4, 0.5) is 0 Å². The van der Waals surface area contributed by atoms with Gasteiger partial charge in [-0.05, 0) is 12.3 Å². The van der Waals surface area contributed by atoms with Crippen LogP contribution < -0.4 is 33.2 Å². The maximum Gasteiger partial charge on any atom is 0.326 e. The second-order valence-electron chi connectivity index (χ2n) is 7.57. The number of nitrogens with one attached hydrogen (secondary N) is 3. The van der Waals surface area contributed by atoms with E-state index in [2.05, 4.69) is 16.0 Å². The lowest BCUT2D eigenvalue weighted by atomic mass is 10.0. The third-order valence-corrected chi connectivity index (χ3v) is 4.31. The molecular formula is C18H30N6O9. The Morgan fingerprint density at radius 2 is 1.27 bits per heavy atom. The Bertz CT molecular complexity index is 785. The lowest BCUT2D eigenvalue weighted by Crippen LogP contribution is -2.58. The van der Waals surface area contributed by atoms with E-state index in [1.54, 1.807) is 0 Å². The van der Waals surface area contributed by atoms with Crippen molar-refractivity contribution in [3.8, 4) is 0 Å². The van der Waals surface area contributed by atoms with Crippen LogP contribution in [-0.4, -0.2) is 75.9 Å². The van der Waals surface area contributed by atoms with Crippen molar-refractivity contribution >= 4 is 41.5 Å². The fraction of sp³-hybridized carbons (Fsp3) is 0.611. The molecule has 0 aliphatic carbocycles. The van der Waals surface area contributed by atoms with Gasteiger partial charge in [-0.25, -0.2) is 4.79 Å². The lowest BCUT2D eigenvalue weighted by molar-refractivity contribution is -0.144. The topological polar surface area (TPSA) is 274 Å². The summed E-state index contributed by atoms with van der Waals surface area (Å²) in [7, 11) is 0. The molecule has 0 bridgehead atoms. The van der Waals surface area contributed by atoms with Gasteiger partial charge in [0.25, 0.3) is 0 Å². The Balaban J connectivity index is 5.60. The van der Waals surface area contributed by atoms with Crippen molar-refractivity contribution in [1.29, 1.82) is 0 Å². The van der Waals surface area contributed by atoms with E-state index in [-0.39, 0.29) is 12.8 Å². The number of carboxylic acids is 2. The molecule has 0 aromatic rings. The highest BCUT2D eigenvalue weighted by Crippen LogP contribution is 2.06. The van der Waals surface area contributed by atoms with Crippen molar-refractivity contribution in [2.24, 2.45) is 23.1 Å². The number of hydrogen-bond donors (Lipinski definition) is 8. The molecule has 5 amide bonds. The zero-order chi connectivity index (χ0) is 25.9. The van der Waals surface area contributed by atoms with E-state index in [9.17, 15) is 38.7 Å². The van der Waals surface area contributed by atoms with Gasteiger partial charge in [-0.2, -0.15) is 0 Å². The van der Waals surface area contributed by atoms with Crippen LogP contribution in [0, 0.1) is 5.92 Å². The third-order valence-electron chi connectivity index (χ3n) is 4.31. The summed E-state index contributed by atoms with van der Waals surface area (Å²) in [6.45, 7) is 3.06. The average molecular weight is 474 g/mol. The smallest absolute Gasteiger partial charge is 0.326 e. The Labute approximate surface area is 188 Å². The van der Waals surface area contributed by atoms with E-state index < -0.39 is 84.4 Å². The summed E-state index contributed by atoms with van der Waals surface area (Å²) in [4.78, 5) is 81.8. The number of primary amides is 2. The predicted octanol–water partition coefficient (Wildman–Crippen LogP) is -3.88. The van der Waals surface area contributed by atoms with Crippen LogP contribution in [0.2, 0.25) is 0 Å². The van der Waals surface area contributed by atoms with Gasteiger partial charge in [0.1, 0.15) is 18.1 Å². The highest BCUT2D eigenvalue weighted by Gasteiger charge is 2.32. The second-order valence-corrected chi connectivity index (χ2v) is 7.57. The SMILES string of the molecule is CC(C)C(NC(=O)C(CCC(N)=O)NC(=O)C(CC(=O)O)NC(=O)C(N)CC(N)=O)C(=O)O. The van der Waals surface area contributed by atoms with Crippen LogP contribution in [0.5, 0.6) is 0 Å². The van der Waals surface area contributed by atoms with Gasteiger partial charge in [0.2, 0.25) is 29.5 Å². The van der Waals surface area contributed by atoms with Crippen molar-refractivity contribution in [2.45, 2.75) is 63.7 Å².